The molecule has 1 aromatic rings. The van der Waals surface area contributed by atoms with Crippen molar-refractivity contribution in [1.82, 2.24) is 15.3 Å². The van der Waals surface area contributed by atoms with Crippen LogP contribution in [-0.2, 0) is 4.79 Å². The fourth-order valence-corrected chi connectivity index (χ4v) is 3.51. The van der Waals surface area contributed by atoms with Gasteiger partial charge in [0.1, 0.15) is 22.5 Å². The fourth-order valence-electron chi connectivity index (χ4n) is 2.50. The SMILES string of the molecule is Cc1nc(C)c(C#N)c(SC(C)C(=O)NC2CCCC2)n1. The molecule has 6 heteroatoms. The molecule has 2 rings (SSSR count). The van der Waals surface area contributed by atoms with E-state index in [1.165, 1.54) is 24.6 Å². The number of rotatable bonds is 4. The highest BCUT2D eigenvalue weighted by atomic mass is 32.2. The van der Waals surface area contributed by atoms with Crippen LogP contribution in [0.25, 0.3) is 0 Å². The lowest BCUT2D eigenvalue weighted by molar-refractivity contribution is -0.120. The van der Waals surface area contributed by atoms with E-state index in [0.29, 0.717) is 28.1 Å². The van der Waals surface area contributed by atoms with Crippen LogP contribution in [-0.4, -0.2) is 27.2 Å². The number of carbonyl (C=O) groups is 1. The van der Waals surface area contributed by atoms with Crippen molar-refractivity contribution in [2.45, 2.75) is 62.8 Å². The van der Waals surface area contributed by atoms with Crippen molar-refractivity contribution < 1.29 is 4.79 Å². The third-order valence-electron chi connectivity index (χ3n) is 3.64. The standard InChI is InChI=1S/C15H20N4OS/c1-9-13(8-16)15(18-11(3)17-9)21-10(2)14(20)19-12-6-4-5-7-12/h10,12H,4-7H2,1-3H3,(H,19,20). The van der Waals surface area contributed by atoms with Crippen molar-refractivity contribution >= 4 is 17.7 Å². The third-order valence-corrected chi connectivity index (χ3v) is 4.73. The van der Waals surface area contributed by atoms with Crippen molar-refractivity contribution in [2.75, 3.05) is 0 Å². The van der Waals surface area contributed by atoms with E-state index in [0.717, 1.165) is 12.8 Å². The van der Waals surface area contributed by atoms with Crippen LogP contribution in [0.1, 0.15) is 49.7 Å². The molecule has 1 saturated carbocycles. The van der Waals surface area contributed by atoms with E-state index in [1.807, 2.05) is 6.92 Å². The van der Waals surface area contributed by atoms with Crippen LogP contribution in [0.3, 0.4) is 0 Å². The van der Waals surface area contributed by atoms with Crippen molar-refractivity contribution in [1.29, 1.82) is 5.26 Å². The minimum Gasteiger partial charge on any atom is -0.352 e. The topological polar surface area (TPSA) is 78.7 Å². The Labute approximate surface area is 129 Å². The third kappa shape index (κ3) is 3.94. The molecule has 5 nitrogen and oxygen atoms in total. The second-order valence-corrected chi connectivity index (χ2v) is 6.73. The van der Waals surface area contributed by atoms with Crippen LogP contribution in [0.4, 0.5) is 0 Å². The van der Waals surface area contributed by atoms with E-state index in [1.54, 1.807) is 13.8 Å². The molecule has 0 saturated heterocycles. The molecule has 112 valence electrons. The Bertz CT molecular complexity index is 576. The van der Waals surface area contributed by atoms with Gasteiger partial charge < -0.3 is 5.32 Å². The first-order chi connectivity index (χ1) is 10.0. The molecule has 1 fully saturated rings. The second-order valence-electron chi connectivity index (χ2n) is 5.40. The maximum absolute atomic E-state index is 12.2. The zero-order valence-corrected chi connectivity index (χ0v) is 13.5. The van der Waals surface area contributed by atoms with E-state index >= 15 is 0 Å². The summed E-state index contributed by atoms with van der Waals surface area (Å²) < 4.78 is 0. The highest BCUT2D eigenvalue weighted by molar-refractivity contribution is 8.00. The van der Waals surface area contributed by atoms with Gasteiger partial charge in [0, 0.05) is 6.04 Å². The molecule has 1 aliphatic rings. The molecule has 1 N–H and O–H groups in total. The van der Waals surface area contributed by atoms with Crippen molar-refractivity contribution in [3.8, 4) is 6.07 Å². The van der Waals surface area contributed by atoms with Crippen LogP contribution in [0.5, 0.6) is 0 Å². The molecule has 1 heterocycles. The number of aryl methyl sites for hydroxylation is 2. The summed E-state index contributed by atoms with van der Waals surface area (Å²) in [5.41, 5.74) is 1.13. The number of nitrogens with one attached hydrogen (secondary N) is 1. The van der Waals surface area contributed by atoms with Crippen LogP contribution in [0.2, 0.25) is 0 Å². The summed E-state index contributed by atoms with van der Waals surface area (Å²) in [6.07, 6.45) is 4.52. The summed E-state index contributed by atoms with van der Waals surface area (Å²) in [5, 5.41) is 12.6. The maximum atomic E-state index is 12.2. The number of carbonyl (C=O) groups excluding carboxylic acids is 1. The fraction of sp³-hybridized carbons (Fsp3) is 0.600. The van der Waals surface area contributed by atoms with Gasteiger partial charge in [0.15, 0.2) is 0 Å². The van der Waals surface area contributed by atoms with E-state index in [2.05, 4.69) is 21.4 Å². The van der Waals surface area contributed by atoms with Gasteiger partial charge in [-0.3, -0.25) is 4.79 Å². The quantitative estimate of drug-likeness (QED) is 0.683. The van der Waals surface area contributed by atoms with Gasteiger partial charge in [-0.25, -0.2) is 9.97 Å². The molecule has 0 aliphatic heterocycles. The van der Waals surface area contributed by atoms with E-state index in [4.69, 9.17) is 0 Å². The second kappa shape index (κ2) is 6.90. The Morgan fingerprint density at radius 3 is 2.67 bits per heavy atom. The number of nitriles is 1. The molecule has 1 amide bonds. The first-order valence-corrected chi connectivity index (χ1v) is 8.11. The summed E-state index contributed by atoms with van der Waals surface area (Å²) in [6.45, 7) is 5.44. The smallest absolute Gasteiger partial charge is 0.233 e. The summed E-state index contributed by atoms with van der Waals surface area (Å²) in [7, 11) is 0. The van der Waals surface area contributed by atoms with Crippen LogP contribution in [0, 0.1) is 25.2 Å². The van der Waals surface area contributed by atoms with Gasteiger partial charge in [0.2, 0.25) is 5.91 Å². The molecule has 0 bridgehead atoms. The lowest BCUT2D eigenvalue weighted by atomic mass is 10.2. The minimum absolute atomic E-state index is 0.0182. The predicted molar refractivity (Wildman–Crippen MR) is 81.9 cm³/mol. The highest BCUT2D eigenvalue weighted by Crippen LogP contribution is 2.27. The first kappa shape index (κ1) is 15.8. The maximum Gasteiger partial charge on any atom is 0.233 e. The van der Waals surface area contributed by atoms with Crippen molar-refractivity contribution in [3.05, 3.63) is 17.1 Å². The minimum atomic E-state index is -0.272. The molecule has 0 spiro atoms. The molecule has 0 radical (unpaired) electrons. The molecule has 0 aromatic carbocycles. The van der Waals surface area contributed by atoms with Gasteiger partial charge in [-0.1, -0.05) is 24.6 Å². The Kier molecular flexibility index (Phi) is 5.18. The van der Waals surface area contributed by atoms with Gasteiger partial charge in [0.05, 0.1) is 10.9 Å². The predicted octanol–water partition coefficient (Wildman–Crippen LogP) is 2.50. The Morgan fingerprint density at radius 2 is 2.05 bits per heavy atom. The lowest BCUT2D eigenvalue weighted by Crippen LogP contribution is -2.37. The number of hydrogen-bond acceptors (Lipinski definition) is 5. The molecule has 1 atom stereocenters. The van der Waals surface area contributed by atoms with Crippen molar-refractivity contribution in [3.63, 3.8) is 0 Å². The number of thioether (sulfide) groups is 1. The average Bonchev–Trinajstić information content (AvgIpc) is 2.91. The van der Waals surface area contributed by atoms with Crippen LogP contribution >= 0.6 is 11.8 Å². The molecular weight excluding hydrogens is 284 g/mol. The number of nitrogens with zero attached hydrogens (tertiary/aromatic N) is 3. The monoisotopic (exact) mass is 304 g/mol. The summed E-state index contributed by atoms with van der Waals surface area (Å²) in [5.74, 6) is 0.641. The zero-order valence-electron chi connectivity index (χ0n) is 12.6. The molecular formula is C15H20N4OS. The molecule has 1 unspecified atom stereocenters. The summed E-state index contributed by atoms with van der Waals surface area (Å²) in [4.78, 5) is 20.7. The molecule has 21 heavy (non-hydrogen) atoms. The Morgan fingerprint density at radius 1 is 1.38 bits per heavy atom. The van der Waals surface area contributed by atoms with Gasteiger partial charge >= 0.3 is 0 Å². The Hall–Kier alpha value is -1.61. The normalized spacial score (nSPS) is 16.5. The van der Waals surface area contributed by atoms with Crippen LogP contribution < -0.4 is 5.32 Å². The average molecular weight is 304 g/mol. The first-order valence-electron chi connectivity index (χ1n) is 7.23. The van der Waals surface area contributed by atoms with E-state index < -0.39 is 0 Å². The summed E-state index contributed by atoms with van der Waals surface area (Å²) >= 11 is 1.33. The highest BCUT2D eigenvalue weighted by Gasteiger charge is 2.23. The van der Waals surface area contributed by atoms with Gasteiger partial charge in [-0.15, -0.1) is 0 Å². The number of amides is 1. The Balaban J connectivity index is 2.06. The van der Waals surface area contributed by atoms with Crippen LogP contribution in [0.15, 0.2) is 5.03 Å². The number of hydrogen-bond donors (Lipinski definition) is 1. The lowest BCUT2D eigenvalue weighted by Gasteiger charge is -2.16. The summed E-state index contributed by atoms with van der Waals surface area (Å²) in [6, 6.07) is 2.44. The molecule has 1 aliphatic carbocycles. The van der Waals surface area contributed by atoms with Gasteiger partial charge in [0.25, 0.3) is 0 Å². The van der Waals surface area contributed by atoms with Gasteiger partial charge in [-0.2, -0.15) is 5.26 Å². The van der Waals surface area contributed by atoms with Gasteiger partial charge in [-0.05, 0) is 33.6 Å². The van der Waals surface area contributed by atoms with E-state index in [-0.39, 0.29) is 11.2 Å². The van der Waals surface area contributed by atoms with E-state index in [9.17, 15) is 10.1 Å². The molecule has 1 aromatic heterocycles. The van der Waals surface area contributed by atoms with Crippen molar-refractivity contribution in [2.24, 2.45) is 0 Å². The zero-order chi connectivity index (χ0) is 15.4. The number of aromatic nitrogens is 2. The largest absolute Gasteiger partial charge is 0.352 e.